The van der Waals surface area contributed by atoms with E-state index in [2.05, 4.69) is 15.1 Å². The van der Waals surface area contributed by atoms with Gasteiger partial charge in [-0.1, -0.05) is 5.16 Å². The molecule has 0 aromatic carbocycles. The normalized spacial score (nSPS) is 15.9. The van der Waals surface area contributed by atoms with Crippen LogP contribution in [0.4, 0.5) is 0 Å². The zero-order valence-electron chi connectivity index (χ0n) is 10.1. The molecule has 7 nitrogen and oxygen atoms in total. The molecule has 0 radical (unpaired) electrons. The van der Waals surface area contributed by atoms with Crippen LogP contribution in [0.25, 0.3) is 0 Å². The highest BCUT2D eigenvalue weighted by atomic mass is 35.7. The molecule has 0 atom stereocenters. The van der Waals surface area contributed by atoms with Crippen LogP contribution in [0.1, 0.15) is 36.3 Å². The van der Waals surface area contributed by atoms with Crippen molar-refractivity contribution in [3.63, 3.8) is 0 Å². The Morgan fingerprint density at radius 1 is 1.47 bits per heavy atom. The molecule has 0 saturated heterocycles. The summed E-state index contributed by atoms with van der Waals surface area (Å²) in [6.45, 7) is 1.97. The van der Waals surface area contributed by atoms with Crippen molar-refractivity contribution in [2.75, 3.05) is 0 Å². The van der Waals surface area contributed by atoms with Crippen LogP contribution in [0.2, 0.25) is 0 Å². The fourth-order valence-corrected chi connectivity index (χ4v) is 2.46. The second-order valence-electron chi connectivity index (χ2n) is 4.51. The first-order valence-corrected chi connectivity index (χ1v) is 8.05. The number of halogens is 1. The number of hydrogen-bond donors (Lipinski definition) is 0. The lowest BCUT2D eigenvalue weighted by molar-refractivity contribution is 0.365. The Kier molecular flexibility index (Phi) is 2.86. The van der Waals surface area contributed by atoms with E-state index in [0.29, 0.717) is 17.6 Å². The van der Waals surface area contributed by atoms with Gasteiger partial charge < -0.3 is 9.09 Å². The van der Waals surface area contributed by atoms with Crippen molar-refractivity contribution in [2.45, 2.75) is 37.3 Å². The Balaban J connectivity index is 1.84. The van der Waals surface area contributed by atoms with Gasteiger partial charge in [0.25, 0.3) is 9.05 Å². The van der Waals surface area contributed by atoms with Gasteiger partial charge >= 0.3 is 0 Å². The molecule has 0 aliphatic heterocycles. The van der Waals surface area contributed by atoms with Gasteiger partial charge in [-0.2, -0.15) is 4.98 Å². The first kappa shape index (κ1) is 12.6. The standard InChI is InChI=1S/C10H11ClN4O3S/c1-6-12-9(19(11,16)17)5-15(6)4-8-13-10(14-18-8)7-2-3-7/h5,7H,2-4H2,1H3. The maximum absolute atomic E-state index is 11.2. The Bertz CT molecular complexity index is 717. The average Bonchev–Trinajstić information content (AvgIpc) is 2.95. The van der Waals surface area contributed by atoms with Crippen LogP contribution in [0.15, 0.2) is 15.7 Å². The summed E-state index contributed by atoms with van der Waals surface area (Å²) < 4.78 is 29.1. The Morgan fingerprint density at radius 3 is 2.79 bits per heavy atom. The highest BCUT2D eigenvalue weighted by Gasteiger charge is 2.28. The van der Waals surface area contributed by atoms with Crippen molar-refractivity contribution in [2.24, 2.45) is 0 Å². The quantitative estimate of drug-likeness (QED) is 0.793. The van der Waals surface area contributed by atoms with Crippen molar-refractivity contribution < 1.29 is 12.9 Å². The van der Waals surface area contributed by atoms with Gasteiger partial charge in [-0.15, -0.1) is 0 Å². The van der Waals surface area contributed by atoms with Gasteiger partial charge in [-0.25, -0.2) is 13.4 Å². The number of rotatable bonds is 4. The molecular weight excluding hydrogens is 292 g/mol. The first-order chi connectivity index (χ1) is 8.93. The van der Waals surface area contributed by atoms with E-state index >= 15 is 0 Å². The fraction of sp³-hybridized carbons (Fsp3) is 0.500. The predicted octanol–water partition coefficient (Wildman–Crippen LogP) is 1.43. The molecule has 1 saturated carbocycles. The average molecular weight is 303 g/mol. The van der Waals surface area contributed by atoms with E-state index in [0.717, 1.165) is 18.7 Å². The lowest BCUT2D eigenvalue weighted by Crippen LogP contribution is -2.01. The largest absolute Gasteiger partial charge is 0.337 e. The number of aryl methyl sites for hydroxylation is 1. The molecule has 9 heteroatoms. The van der Waals surface area contributed by atoms with Crippen LogP contribution in [-0.2, 0) is 15.6 Å². The molecule has 0 unspecified atom stereocenters. The molecule has 0 spiro atoms. The highest BCUT2D eigenvalue weighted by molar-refractivity contribution is 8.13. The summed E-state index contributed by atoms with van der Waals surface area (Å²) >= 11 is 0. The van der Waals surface area contributed by atoms with E-state index in [4.69, 9.17) is 15.2 Å². The van der Waals surface area contributed by atoms with E-state index in [-0.39, 0.29) is 11.6 Å². The van der Waals surface area contributed by atoms with Crippen molar-refractivity contribution >= 4 is 19.7 Å². The summed E-state index contributed by atoms with van der Waals surface area (Å²) in [5.74, 6) is 2.09. The third-order valence-electron chi connectivity index (χ3n) is 2.94. The van der Waals surface area contributed by atoms with Gasteiger partial charge in [0.1, 0.15) is 12.4 Å². The van der Waals surface area contributed by atoms with Crippen LogP contribution in [-0.4, -0.2) is 28.1 Å². The lowest BCUT2D eigenvalue weighted by atomic mass is 10.4. The summed E-state index contributed by atoms with van der Waals surface area (Å²) in [4.78, 5) is 8.16. The van der Waals surface area contributed by atoms with Crippen LogP contribution in [0, 0.1) is 6.92 Å². The summed E-state index contributed by atoms with van der Waals surface area (Å²) in [5.41, 5.74) is 0. The van der Waals surface area contributed by atoms with Gasteiger partial charge in [0, 0.05) is 22.8 Å². The third kappa shape index (κ3) is 2.64. The maximum Gasteiger partial charge on any atom is 0.280 e. The minimum atomic E-state index is -3.82. The molecule has 2 aromatic rings. The Hall–Kier alpha value is -1.41. The molecule has 0 N–H and O–H groups in total. The van der Waals surface area contributed by atoms with Crippen molar-refractivity contribution in [3.05, 3.63) is 23.7 Å². The molecule has 2 aromatic heterocycles. The molecule has 2 heterocycles. The summed E-state index contributed by atoms with van der Waals surface area (Å²) in [6, 6.07) is 0. The Labute approximate surface area is 114 Å². The number of imidazole rings is 1. The molecule has 1 aliphatic rings. The van der Waals surface area contributed by atoms with Gasteiger partial charge in [-0.05, 0) is 19.8 Å². The fourth-order valence-electron chi connectivity index (χ4n) is 1.74. The molecule has 19 heavy (non-hydrogen) atoms. The van der Waals surface area contributed by atoms with Crippen LogP contribution < -0.4 is 0 Å². The van der Waals surface area contributed by atoms with Gasteiger partial charge in [-0.3, -0.25) is 0 Å². The summed E-state index contributed by atoms with van der Waals surface area (Å²) in [6.07, 6.45) is 3.55. The second-order valence-corrected chi connectivity index (χ2v) is 7.03. The molecule has 3 rings (SSSR count). The first-order valence-electron chi connectivity index (χ1n) is 5.74. The van der Waals surface area contributed by atoms with E-state index in [1.54, 1.807) is 11.5 Å². The molecule has 1 fully saturated rings. The minimum Gasteiger partial charge on any atom is -0.337 e. The highest BCUT2D eigenvalue weighted by Crippen LogP contribution is 2.38. The lowest BCUT2D eigenvalue weighted by Gasteiger charge is -1.98. The third-order valence-corrected chi connectivity index (χ3v) is 4.11. The van der Waals surface area contributed by atoms with Crippen LogP contribution in [0.3, 0.4) is 0 Å². The monoisotopic (exact) mass is 302 g/mol. The number of nitrogens with zero attached hydrogens (tertiary/aromatic N) is 4. The minimum absolute atomic E-state index is 0.173. The maximum atomic E-state index is 11.2. The van der Waals surface area contributed by atoms with E-state index in [1.165, 1.54) is 6.20 Å². The van der Waals surface area contributed by atoms with Crippen LogP contribution in [0.5, 0.6) is 0 Å². The van der Waals surface area contributed by atoms with Gasteiger partial charge in [0.15, 0.2) is 10.9 Å². The summed E-state index contributed by atoms with van der Waals surface area (Å²) in [5, 5.41) is 3.72. The smallest absolute Gasteiger partial charge is 0.280 e. The molecule has 0 amide bonds. The summed E-state index contributed by atoms with van der Waals surface area (Å²) in [7, 11) is 1.42. The van der Waals surface area contributed by atoms with E-state index in [1.807, 2.05) is 0 Å². The Morgan fingerprint density at radius 2 is 2.21 bits per heavy atom. The predicted molar refractivity (Wildman–Crippen MR) is 65.4 cm³/mol. The molecule has 102 valence electrons. The van der Waals surface area contributed by atoms with Gasteiger partial charge in [0.05, 0.1) is 0 Å². The second kappa shape index (κ2) is 4.31. The van der Waals surface area contributed by atoms with Crippen molar-refractivity contribution in [3.8, 4) is 0 Å². The number of hydrogen-bond acceptors (Lipinski definition) is 6. The SMILES string of the molecule is Cc1nc(S(=O)(=O)Cl)cn1Cc1nc(C2CC2)no1. The van der Waals surface area contributed by atoms with E-state index < -0.39 is 9.05 Å². The zero-order valence-corrected chi connectivity index (χ0v) is 11.6. The van der Waals surface area contributed by atoms with E-state index in [9.17, 15) is 8.42 Å². The van der Waals surface area contributed by atoms with Crippen LogP contribution >= 0.6 is 10.7 Å². The topological polar surface area (TPSA) is 90.9 Å². The zero-order chi connectivity index (χ0) is 13.6. The number of aromatic nitrogens is 4. The van der Waals surface area contributed by atoms with Crippen molar-refractivity contribution in [1.82, 2.24) is 19.7 Å². The van der Waals surface area contributed by atoms with Crippen molar-refractivity contribution in [1.29, 1.82) is 0 Å². The molecular formula is C10H11ClN4O3S. The van der Waals surface area contributed by atoms with Gasteiger partial charge in [0.2, 0.25) is 5.89 Å². The molecule has 1 aliphatic carbocycles. The molecule has 0 bridgehead atoms.